The lowest BCUT2D eigenvalue weighted by Crippen LogP contribution is -2.57. The SMILES string of the molecule is CC(NC(=O)C(Cc1ccccc1)NC(=O)C(N)CC(=O)O)C(=O)NC(C(=O)O)C(C)C. The lowest BCUT2D eigenvalue weighted by atomic mass is 10.0. The second-order valence-corrected chi connectivity index (χ2v) is 7.75. The lowest BCUT2D eigenvalue weighted by Gasteiger charge is -2.24. The summed E-state index contributed by atoms with van der Waals surface area (Å²) in [4.78, 5) is 59.6. The van der Waals surface area contributed by atoms with Crippen LogP contribution >= 0.6 is 0 Å². The highest BCUT2D eigenvalue weighted by atomic mass is 16.4. The largest absolute Gasteiger partial charge is 0.481 e. The van der Waals surface area contributed by atoms with Crippen LogP contribution in [0, 0.1) is 5.92 Å². The number of carboxylic acid groups (broad SMARTS) is 2. The molecule has 176 valence electrons. The molecule has 1 rings (SSSR count). The Morgan fingerprint density at radius 1 is 0.875 bits per heavy atom. The van der Waals surface area contributed by atoms with E-state index in [4.69, 9.17) is 10.8 Å². The van der Waals surface area contributed by atoms with Crippen LogP contribution in [0.5, 0.6) is 0 Å². The van der Waals surface area contributed by atoms with Crippen molar-refractivity contribution >= 4 is 29.7 Å². The number of hydrogen-bond acceptors (Lipinski definition) is 6. The van der Waals surface area contributed by atoms with Gasteiger partial charge < -0.3 is 31.9 Å². The number of rotatable bonds is 12. The zero-order valence-electron chi connectivity index (χ0n) is 18.2. The Morgan fingerprint density at radius 3 is 1.97 bits per heavy atom. The van der Waals surface area contributed by atoms with Crippen molar-refractivity contribution in [2.45, 2.75) is 57.8 Å². The molecule has 11 heteroatoms. The third-order valence-electron chi connectivity index (χ3n) is 4.63. The second kappa shape index (κ2) is 12.4. The number of hydrogen-bond donors (Lipinski definition) is 6. The van der Waals surface area contributed by atoms with E-state index in [1.54, 1.807) is 44.2 Å². The summed E-state index contributed by atoms with van der Waals surface area (Å²) in [5, 5.41) is 25.3. The van der Waals surface area contributed by atoms with E-state index in [-0.39, 0.29) is 12.3 Å². The average molecular weight is 450 g/mol. The molecule has 7 N–H and O–H groups in total. The zero-order valence-corrected chi connectivity index (χ0v) is 18.2. The predicted molar refractivity (Wildman–Crippen MR) is 114 cm³/mol. The van der Waals surface area contributed by atoms with Crippen molar-refractivity contribution in [3.63, 3.8) is 0 Å². The van der Waals surface area contributed by atoms with Crippen molar-refractivity contribution in [2.75, 3.05) is 0 Å². The van der Waals surface area contributed by atoms with E-state index in [9.17, 15) is 29.1 Å². The summed E-state index contributed by atoms with van der Waals surface area (Å²) in [6, 6.07) is 4.02. The van der Waals surface area contributed by atoms with Gasteiger partial charge in [0.15, 0.2) is 0 Å². The highest BCUT2D eigenvalue weighted by Crippen LogP contribution is 2.06. The van der Waals surface area contributed by atoms with Gasteiger partial charge in [0.05, 0.1) is 12.5 Å². The molecule has 3 amide bonds. The van der Waals surface area contributed by atoms with Gasteiger partial charge in [0.1, 0.15) is 18.1 Å². The number of benzene rings is 1. The molecule has 4 unspecified atom stereocenters. The van der Waals surface area contributed by atoms with Crippen LogP contribution in [0.4, 0.5) is 0 Å². The van der Waals surface area contributed by atoms with Crippen molar-refractivity contribution in [3.05, 3.63) is 35.9 Å². The van der Waals surface area contributed by atoms with Gasteiger partial charge in [0.2, 0.25) is 17.7 Å². The smallest absolute Gasteiger partial charge is 0.326 e. The Balaban J connectivity index is 2.91. The van der Waals surface area contributed by atoms with Crippen molar-refractivity contribution < 1.29 is 34.2 Å². The highest BCUT2D eigenvalue weighted by molar-refractivity contribution is 5.94. The van der Waals surface area contributed by atoms with Crippen LogP contribution < -0.4 is 21.7 Å². The highest BCUT2D eigenvalue weighted by Gasteiger charge is 2.29. The van der Waals surface area contributed by atoms with E-state index in [0.717, 1.165) is 0 Å². The van der Waals surface area contributed by atoms with Gasteiger partial charge in [-0.15, -0.1) is 0 Å². The van der Waals surface area contributed by atoms with Crippen molar-refractivity contribution in [2.24, 2.45) is 11.7 Å². The summed E-state index contributed by atoms with van der Waals surface area (Å²) in [7, 11) is 0. The van der Waals surface area contributed by atoms with Crippen molar-refractivity contribution in [3.8, 4) is 0 Å². The first-order chi connectivity index (χ1) is 14.9. The normalized spacial score (nSPS) is 14.5. The number of nitrogens with two attached hydrogens (primary N) is 1. The molecule has 0 aromatic heterocycles. The van der Waals surface area contributed by atoms with E-state index in [0.29, 0.717) is 5.56 Å². The Morgan fingerprint density at radius 2 is 1.47 bits per heavy atom. The third kappa shape index (κ3) is 8.72. The number of carboxylic acids is 2. The zero-order chi connectivity index (χ0) is 24.4. The molecule has 1 aromatic rings. The second-order valence-electron chi connectivity index (χ2n) is 7.75. The average Bonchev–Trinajstić information content (AvgIpc) is 2.70. The van der Waals surface area contributed by atoms with Gasteiger partial charge in [0.25, 0.3) is 0 Å². The molecule has 11 nitrogen and oxygen atoms in total. The number of aliphatic carboxylic acids is 2. The predicted octanol–water partition coefficient (Wildman–Crippen LogP) is -0.754. The maximum atomic E-state index is 12.8. The van der Waals surface area contributed by atoms with Crippen LogP contribution in [0.25, 0.3) is 0 Å². The van der Waals surface area contributed by atoms with Crippen molar-refractivity contribution in [1.82, 2.24) is 16.0 Å². The van der Waals surface area contributed by atoms with Gasteiger partial charge in [-0.2, -0.15) is 0 Å². The first kappa shape index (κ1) is 26.6. The van der Waals surface area contributed by atoms with E-state index in [1.807, 2.05) is 0 Å². The standard InChI is InChI=1S/C21H30N4O7/c1-11(2)17(21(31)32)25-18(28)12(3)23-20(30)15(9-13-7-5-4-6-8-13)24-19(29)14(22)10-16(26)27/h4-8,11-12,14-15,17H,9-10,22H2,1-3H3,(H,23,30)(H,24,29)(H,25,28)(H,26,27)(H,31,32). The first-order valence-corrected chi connectivity index (χ1v) is 10.1. The quantitative estimate of drug-likeness (QED) is 0.240. The molecule has 0 heterocycles. The minimum atomic E-state index is -1.36. The van der Waals surface area contributed by atoms with E-state index < -0.39 is 60.2 Å². The molecule has 0 radical (unpaired) electrons. The van der Waals surface area contributed by atoms with E-state index in [1.165, 1.54) is 6.92 Å². The van der Waals surface area contributed by atoms with Crippen LogP contribution in [-0.2, 0) is 30.4 Å². The molecule has 4 atom stereocenters. The third-order valence-corrected chi connectivity index (χ3v) is 4.63. The minimum absolute atomic E-state index is 0.0658. The van der Waals surface area contributed by atoms with Crippen LogP contribution in [0.3, 0.4) is 0 Å². The van der Waals surface area contributed by atoms with Gasteiger partial charge >= 0.3 is 11.9 Å². The first-order valence-electron chi connectivity index (χ1n) is 10.1. The maximum Gasteiger partial charge on any atom is 0.326 e. The van der Waals surface area contributed by atoms with Crippen LogP contribution in [0.2, 0.25) is 0 Å². The maximum absolute atomic E-state index is 12.8. The molecule has 0 aliphatic carbocycles. The summed E-state index contributed by atoms with van der Waals surface area (Å²) >= 11 is 0. The van der Waals surface area contributed by atoms with E-state index >= 15 is 0 Å². The molecule has 32 heavy (non-hydrogen) atoms. The fourth-order valence-electron chi connectivity index (χ4n) is 2.79. The molecule has 0 aliphatic rings. The topological polar surface area (TPSA) is 188 Å². The number of carbonyl (C=O) groups excluding carboxylic acids is 3. The lowest BCUT2D eigenvalue weighted by molar-refractivity contribution is -0.143. The Labute approximate surface area is 185 Å². The number of nitrogens with one attached hydrogen (secondary N) is 3. The van der Waals surface area contributed by atoms with Crippen LogP contribution in [-0.4, -0.2) is 64.0 Å². The molecule has 0 spiro atoms. The molecule has 0 saturated carbocycles. The van der Waals surface area contributed by atoms with Crippen LogP contribution in [0.15, 0.2) is 30.3 Å². The molecule has 0 saturated heterocycles. The molecule has 0 aliphatic heterocycles. The molecular formula is C21H30N4O7. The van der Waals surface area contributed by atoms with Gasteiger partial charge in [-0.25, -0.2) is 4.79 Å². The molecular weight excluding hydrogens is 420 g/mol. The molecule has 1 aromatic carbocycles. The van der Waals surface area contributed by atoms with Gasteiger partial charge in [0, 0.05) is 6.42 Å². The number of amides is 3. The van der Waals surface area contributed by atoms with Gasteiger partial charge in [-0.05, 0) is 18.4 Å². The summed E-state index contributed by atoms with van der Waals surface area (Å²) < 4.78 is 0. The Bertz CT molecular complexity index is 829. The Kier molecular flexibility index (Phi) is 10.3. The summed E-state index contributed by atoms with van der Waals surface area (Å²) in [6.07, 6.45) is -0.549. The van der Waals surface area contributed by atoms with Crippen LogP contribution in [0.1, 0.15) is 32.8 Å². The fourth-order valence-corrected chi connectivity index (χ4v) is 2.79. The summed E-state index contributed by atoms with van der Waals surface area (Å²) in [6.45, 7) is 4.65. The monoisotopic (exact) mass is 450 g/mol. The van der Waals surface area contributed by atoms with Gasteiger partial charge in [-0.1, -0.05) is 44.2 Å². The fraction of sp³-hybridized carbons (Fsp3) is 0.476. The molecule has 0 fully saturated rings. The van der Waals surface area contributed by atoms with Gasteiger partial charge in [-0.3, -0.25) is 19.2 Å². The van der Waals surface area contributed by atoms with Crippen molar-refractivity contribution in [1.29, 1.82) is 0 Å². The Hall–Kier alpha value is -3.47. The molecule has 0 bridgehead atoms. The minimum Gasteiger partial charge on any atom is -0.481 e. The summed E-state index contributed by atoms with van der Waals surface area (Å²) in [5.74, 6) is -5.07. The van der Waals surface area contributed by atoms with E-state index in [2.05, 4.69) is 16.0 Å². The summed E-state index contributed by atoms with van der Waals surface area (Å²) in [5.41, 5.74) is 6.29. The number of carbonyl (C=O) groups is 5.